The molecule has 0 atom stereocenters. The molecule has 18 heavy (non-hydrogen) atoms. The number of benzene rings is 1. The second-order valence-corrected chi connectivity index (χ2v) is 4.62. The predicted molar refractivity (Wildman–Crippen MR) is 71.9 cm³/mol. The molecule has 1 aromatic heterocycles. The highest BCUT2D eigenvalue weighted by Gasteiger charge is 2.14. The topological polar surface area (TPSA) is 40.6 Å². The molecule has 0 aliphatic rings. The molecule has 0 saturated carbocycles. The molecule has 0 saturated heterocycles. The number of hydrogen-bond donors (Lipinski definition) is 0. The molecule has 0 aliphatic heterocycles. The van der Waals surface area contributed by atoms with Gasteiger partial charge in [-0.2, -0.15) is 0 Å². The number of nitrogens with zero attached hydrogens (tertiary/aromatic N) is 1. The molecule has 0 unspecified atom stereocenters. The van der Waals surface area contributed by atoms with E-state index < -0.39 is 0 Å². The molecule has 0 N–H and O–H groups in total. The standard InChI is InChI=1S/C13H15NO3S/c1-8-13(17-4)18-12(14-8)10-7-9(15-2)5-6-11(10)16-3/h5-7H,1-4H3. The van der Waals surface area contributed by atoms with Crippen LogP contribution in [0, 0.1) is 6.92 Å². The molecule has 5 heteroatoms. The van der Waals surface area contributed by atoms with Crippen LogP contribution in [0.2, 0.25) is 0 Å². The Hall–Kier alpha value is -1.75. The highest BCUT2D eigenvalue weighted by atomic mass is 32.1. The number of methoxy groups -OCH3 is 3. The Bertz CT molecular complexity index is 551. The van der Waals surface area contributed by atoms with Crippen LogP contribution in [0.5, 0.6) is 16.6 Å². The highest BCUT2D eigenvalue weighted by molar-refractivity contribution is 7.17. The summed E-state index contributed by atoms with van der Waals surface area (Å²) < 4.78 is 15.8. The van der Waals surface area contributed by atoms with Crippen LogP contribution < -0.4 is 14.2 Å². The minimum absolute atomic E-state index is 0.771. The zero-order chi connectivity index (χ0) is 13.1. The van der Waals surface area contributed by atoms with E-state index in [-0.39, 0.29) is 0 Å². The van der Waals surface area contributed by atoms with E-state index in [9.17, 15) is 0 Å². The molecule has 96 valence electrons. The fraction of sp³-hybridized carbons (Fsp3) is 0.308. The van der Waals surface area contributed by atoms with Crippen molar-refractivity contribution < 1.29 is 14.2 Å². The molecule has 0 aliphatic carbocycles. The molecule has 0 radical (unpaired) electrons. The first-order chi connectivity index (χ1) is 8.69. The maximum atomic E-state index is 5.35. The summed E-state index contributed by atoms with van der Waals surface area (Å²) in [5, 5.41) is 1.68. The maximum absolute atomic E-state index is 5.35. The zero-order valence-corrected chi connectivity index (χ0v) is 11.6. The van der Waals surface area contributed by atoms with Crippen molar-refractivity contribution in [2.75, 3.05) is 21.3 Å². The predicted octanol–water partition coefficient (Wildman–Crippen LogP) is 3.14. The highest BCUT2D eigenvalue weighted by Crippen LogP contribution is 2.39. The van der Waals surface area contributed by atoms with Gasteiger partial charge in [0.15, 0.2) is 5.06 Å². The average molecular weight is 265 g/mol. The monoisotopic (exact) mass is 265 g/mol. The van der Waals surface area contributed by atoms with E-state index in [2.05, 4.69) is 4.98 Å². The van der Waals surface area contributed by atoms with Gasteiger partial charge < -0.3 is 14.2 Å². The van der Waals surface area contributed by atoms with Crippen LogP contribution in [0.3, 0.4) is 0 Å². The average Bonchev–Trinajstić information content (AvgIpc) is 2.79. The van der Waals surface area contributed by atoms with E-state index in [4.69, 9.17) is 14.2 Å². The van der Waals surface area contributed by atoms with Gasteiger partial charge in [0.2, 0.25) is 0 Å². The quantitative estimate of drug-likeness (QED) is 0.851. The molecule has 0 bridgehead atoms. The third-order valence-electron chi connectivity index (χ3n) is 2.58. The normalized spacial score (nSPS) is 10.2. The molecule has 0 fully saturated rings. The Morgan fingerprint density at radius 3 is 2.39 bits per heavy atom. The van der Waals surface area contributed by atoms with Crippen LogP contribution in [0.4, 0.5) is 0 Å². The summed E-state index contributed by atoms with van der Waals surface area (Å²) in [6.45, 7) is 1.92. The molecule has 1 heterocycles. The lowest BCUT2D eigenvalue weighted by Crippen LogP contribution is -1.90. The number of aromatic nitrogens is 1. The number of thiazole rings is 1. The van der Waals surface area contributed by atoms with Gasteiger partial charge in [0.25, 0.3) is 0 Å². The van der Waals surface area contributed by atoms with Crippen LogP contribution in [0.25, 0.3) is 10.6 Å². The lowest BCUT2D eigenvalue weighted by atomic mass is 10.2. The third-order valence-corrected chi connectivity index (χ3v) is 3.73. The van der Waals surface area contributed by atoms with Gasteiger partial charge in [0, 0.05) is 0 Å². The van der Waals surface area contributed by atoms with Gasteiger partial charge in [-0.05, 0) is 25.1 Å². The summed E-state index contributed by atoms with van der Waals surface area (Å²) in [5.74, 6) is 1.55. The Morgan fingerprint density at radius 1 is 1.06 bits per heavy atom. The minimum atomic E-state index is 0.771. The largest absolute Gasteiger partial charge is 0.497 e. The van der Waals surface area contributed by atoms with Gasteiger partial charge in [-0.3, -0.25) is 0 Å². The number of aryl methyl sites for hydroxylation is 1. The van der Waals surface area contributed by atoms with Crippen molar-refractivity contribution in [2.45, 2.75) is 6.92 Å². The van der Waals surface area contributed by atoms with E-state index in [0.717, 1.165) is 32.8 Å². The van der Waals surface area contributed by atoms with Crippen molar-refractivity contribution in [3.05, 3.63) is 23.9 Å². The van der Waals surface area contributed by atoms with Gasteiger partial charge in [0.1, 0.15) is 16.5 Å². The number of rotatable bonds is 4. The van der Waals surface area contributed by atoms with Gasteiger partial charge in [-0.1, -0.05) is 11.3 Å². The fourth-order valence-electron chi connectivity index (χ4n) is 1.67. The van der Waals surface area contributed by atoms with Crippen molar-refractivity contribution in [1.29, 1.82) is 0 Å². The number of ether oxygens (including phenoxy) is 3. The van der Waals surface area contributed by atoms with Crippen molar-refractivity contribution in [3.8, 4) is 27.1 Å². The fourth-order valence-corrected chi connectivity index (χ4v) is 2.57. The van der Waals surface area contributed by atoms with E-state index in [1.54, 1.807) is 21.3 Å². The first kappa shape index (κ1) is 12.7. The van der Waals surface area contributed by atoms with Gasteiger partial charge in [0.05, 0.1) is 32.6 Å². The van der Waals surface area contributed by atoms with Crippen molar-refractivity contribution in [3.63, 3.8) is 0 Å². The summed E-state index contributed by atoms with van der Waals surface area (Å²) in [4.78, 5) is 4.49. The smallest absolute Gasteiger partial charge is 0.197 e. The van der Waals surface area contributed by atoms with Crippen molar-refractivity contribution in [2.24, 2.45) is 0 Å². The van der Waals surface area contributed by atoms with E-state index in [1.165, 1.54) is 11.3 Å². The van der Waals surface area contributed by atoms with Crippen LogP contribution in [0.15, 0.2) is 18.2 Å². The summed E-state index contributed by atoms with van der Waals surface area (Å²) >= 11 is 1.49. The third kappa shape index (κ3) is 2.26. The minimum Gasteiger partial charge on any atom is -0.497 e. The van der Waals surface area contributed by atoms with Crippen LogP contribution in [-0.4, -0.2) is 26.3 Å². The summed E-state index contributed by atoms with van der Waals surface area (Å²) in [6.07, 6.45) is 0. The maximum Gasteiger partial charge on any atom is 0.197 e. The van der Waals surface area contributed by atoms with Crippen LogP contribution in [0.1, 0.15) is 5.69 Å². The second kappa shape index (κ2) is 5.27. The summed E-state index contributed by atoms with van der Waals surface area (Å²) in [6, 6.07) is 5.65. The Kier molecular flexibility index (Phi) is 3.72. The Morgan fingerprint density at radius 2 is 1.83 bits per heavy atom. The molecule has 4 nitrogen and oxygen atoms in total. The van der Waals surface area contributed by atoms with Gasteiger partial charge >= 0.3 is 0 Å². The molecule has 0 amide bonds. The summed E-state index contributed by atoms with van der Waals surface area (Å²) in [7, 11) is 4.93. The second-order valence-electron chi connectivity index (χ2n) is 3.66. The Balaban J connectivity index is 2.53. The molecule has 2 aromatic rings. The van der Waals surface area contributed by atoms with Gasteiger partial charge in [-0.25, -0.2) is 4.98 Å². The van der Waals surface area contributed by atoms with Gasteiger partial charge in [-0.15, -0.1) is 0 Å². The first-order valence-electron chi connectivity index (χ1n) is 5.43. The van der Waals surface area contributed by atoms with E-state index in [1.807, 2.05) is 25.1 Å². The molecule has 0 spiro atoms. The van der Waals surface area contributed by atoms with Crippen molar-refractivity contribution >= 4 is 11.3 Å². The summed E-state index contributed by atoms with van der Waals surface area (Å²) in [5.41, 5.74) is 1.79. The molecular formula is C13H15NO3S. The zero-order valence-electron chi connectivity index (χ0n) is 10.8. The van der Waals surface area contributed by atoms with E-state index >= 15 is 0 Å². The first-order valence-corrected chi connectivity index (χ1v) is 6.25. The van der Waals surface area contributed by atoms with Crippen LogP contribution in [-0.2, 0) is 0 Å². The number of hydrogen-bond acceptors (Lipinski definition) is 5. The lowest BCUT2D eigenvalue weighted by molar-refractivity contribution is 0.404. The molecule has 2 rings (SSSR count). The Labute approximate surface area is 110 Å². The molecular weight excluding hydrogens is 250 g/mol. The van der Waals surface area contributed by atoms with E-state index in [0.29, 0.717) is 0 Å². The molecule has 1 aromatic carbocycles. The van der Waals surface area contributed by atoms with Crippen LogP contribution >= 0.6 is 11.3 Å². The lowest BCUT2D eigenvalue weighted by Gasteiger charge is -2.07. The van der Waals surface area contributed by atoms with Crippen molar-refractivity contribution in [1.82, 2.24) is 4.98 Å². The SMILES string of the molecule is COc1ccc(OC)c(-c2nc(C)c(OC)s2)c1.